The summed E-state index contributed by atoms with van der Waals surface area (Å²) in [6, 6.07) is 8.77. The first-order chi connectivity index (χ1) is 10.3. The van der Waals surface area contributed by atoms with Gasteiger partial charge in [0.15, 0.2) is 5.96 Å². The fourth-order valence-corrected chi connectivity index (χ4v) is 2.69. The van der Waals surface area contributed by atoms with Gasteiger partial charge in [0.1, 0.15) is 0 Å². The zero-order valence-corrected chi connectivity index (χ0v) is 15.9. The molecule has 22 heavy (non-hydrogen) atoms. The van der Waals surface area contributed by atoms with Crippen LogP contribution < -0.4 is 11.1 Å². The molecule has 1 aromatic carbocycles. The summed E-state index contributed by atoms with van der Waals surface area (Å²) in [5.74, 6) is 0.590. The summed E-state index contributed by atoms with van der Waals surface area (Å²) in [4.78, 5) is 6.89. The van der Waals surface area contributed by atoms with Crippen molar-refractivity contribution in [3.63, 3.8) is 0 Å². The van der Waals surface area contributed by atoms with E-state index in [1.54, 1.807) is 0 Å². The number of nitrogens with one attached hydrogen (secondary N) is 1. The van der Waals surface area contributed by atoms with Gasteiger partial charge in [0.25, 0.3) is 0 Å². The molecule has 0 aromatic heterocycles. The first kappa shape index (κ1) is 19.2. The Morgan fingerprint density at radius 3 is 2.82 bits per heavy atom. The topological polar surface area (TPSA) is 53.6 Å². The minimum atomic E-state index is 0. The molecule has 0 aliphatic carbocycles. The fourth-order valence-electron chi connectivity index (χ4n) is 2.69. The molecule has 0 saturated heterocycles. The molecule has 1 aliphatic rings. The van der Waals surface area contributed by atoms with Crippen LogP contribution in [-0.2, 0) is 13.0 Å². The average Bonchev–Trinajstić information content (AvgIpc) is 2.52. The molecule has 124 valence electrons. The number of unbranched alkanes of at least 4 members (excludes halogenated alkanes) is 1. The molecule has 3 N–H and O–H groups in total. The zero-order valence-electron chi connectivity index (χ0n) is 13.6. The summed E-state index contributed by atoms with van der Waals surface area (Å²) in [6.45, 7) is 7.23. The highest BCUT2D eigenvalue weighted by atomic mass is 127. The Hall–Kier alpha value is -0.820. The smallest absolute Gasteiger partial charge is 0.188 e. The van der Waals surface area contributed by atoms with Crippen molar-refractivity contribution in [1.29, 1.82) is 0 Å². The molecule has 0 atom stereocenters. The zero-order chi connectivity index (χ0) is 14.9. The van der Waals surface area contributed by atoms with Gasteiger partial charge in [-0.2, -0.15) is 0 Å². The number of aliphatic imine (C=N–C) groups is 1. The van der Waals surface area contributed by atoms with Gasteiger partial charge in [0, 0.05) is 32.7 Å². The van der Waals surface area contributed by atoms with E-state index in [9.17, 15) is 0 Å². The minimum Gasteiger partial charge on any atom is -0.370 e. The van der Waals surface area contributed by atoms with Crippen molar-refractivity contribution >= 4 is 29.9 Å². The highest BCUT2D eigenvalue weighted by molar-refractivity contribution is 14.0. The summed E-state index contributed by atoms with van der Waals surface area (Å²) in [5, 5.41) is 3.15. The third-order valence-electron chi connectivity index (χ3n) is 3.96. The van der Waals surface area contributed by atoms with Crippen LogP contribution in [0.5, 0.6) is 0 Å². The van der Waals surface area contributed by atoms with Crippen molar-refractivity contribution in [3.05, 3.63) is 35.4 Å². The lowest BCUT2D eigenvalue weighted by Gasteiger charge is -2.28. The normalized spacial score (nSPS) is 15.0. The van der Waals surface area contributed by atoms with E-state index >= 15 is 0 Å². The minimum absolute atomic E-state index is 0. The van der Waals surface area contributed by atoms with Crippen LogP contribution in [-0.4, -0.2) is 37.0 Å². The van der Waals surface area contributed by atoms with Crippen LogP contribution in [0.15, 0.2) is 29.3 Å². The van der Waals surface area contributed by atoms with E-state index in [0.717, 1.165) is 45.6 Å². The van der Waals surface area contributed by atoms with Gasteiger partial charge >= 0.3 is 0 Å². The number of hydrogen-bond donors (Lipinski definition) is 2. The highest BCUT2D eigenvalue weighted by Crippen LogP contribution is 2.18. The fraction of sp³-hybridized carbons (Fsp3) is 0.588. The number of halogens is 1. The average molecular weight is 416 g/mol. The third-order valence-corrected chi connectivity index (χ3v) is 3.96. The molecular formula is C17H29IN4. The molecule has 0 unspecified atom stereocenters. The predicted octanol–water partition coefficient (Wildman–Crippen LogP) is 2.76. The summed E-state index contributed by atoms with van der Waals surface area (Å²) in [6.07, 6.45) is 4.55. The van der Waals surface area contributed by atoms with Crippen LogP contribution in [0.4, 0.5) is 0 Å². The van der Waals surface area contributed by atoms with Gasteiger partial charge in [-0.3, -0.25) is 9.89 Å². The number of rotatable bonds is 7. The second-order valence-corrected chi connectivity index (χ2v) is 5.70. The number of guanidine groups is 1. The summed E-state index contributed by atoms with van der Waals surface area (Å²) in [5.41, 5.74) is 8.81. The highest BCUT2D eigenvalue weighted by Gasteiger charge is 2.14. The van der Waals surface area contributed by atoms with Crippen LogP contribution in [0, 0.1) is 0 Å². The van der Waals surface area contributed by atoms with Crippen molar-refractivity contribution in [2.75, 3.05) is 26.2 Å². The van der Waals surface area contributed by atoms with Gasteiger partial charge in [0.2, 0.25) is 0 Å². The Morgan fingerprint density at radius 2 is 2.05 bits per heavy atom. The summed E-state index contributed by atoms with van der Waals surface area (Å²) in [7, 11) is 0. The van der Waals surface area contributed by atoms with Crippen molar-refractivity contribution < 1.29 is 0 Å². The molecule has 0 bridgehead atoms. The van der Waals surface area contributed by atoms with E-state index < -0.39 is 0 Å². The molecule has 1 heterocycles. The molecule has 0 fully saturated rings. The summed E-state index contributed by atoms with van der Waals surface area (Å²) < 4.78 is 0. The van der Waals surface area contributed by atoms with E-state index in [4.69, 9.17) is 5.73 Å². The molecule has 0 spiro atoms. The Bertz CT molecular complexity index is 462. The van der Waals surface area contributed by atoms with Crippen molar-refractivity contribution in [3.8, 4) is 0 Å². The maximum atomic E-state index is 5.82. The van der Waals surface area contributed by atoms with E-state index in [1.165, 1.54) is 24.0 Å². The van der Waals surface area contributed by atoms with Crippen LogP contribution >= 0.6 is 24.0 Å². The number of nitrogens with two attached hydrogens (primary N) is 1. The SMILES string of the molecule is CCCCNC(N)=NCCCN1CCc2ccccc2C1.I. The van der Waals surface area contributed by atoms with E-state index in [2.05, 4.69) is 46.4 Å². The van der Waals surface area contributed by atoms with Crippen LogP contribution in [0.25, 0.3) is 0 Å². The standard InChI is InChI=1S/C17H28N4.HI/c1-2-3-10-19-17(18)20-11-6-12-21-13-9-15-7-4-5-8-16(15)14-21;/h4-5,7-8H,2-3,6,9-14H2,1H3,(H3,18,19,20);1H. The van der Waals surface area contributed by atoms with Gasteiger partial charge in [0.05, 0.1) is 0 Å². The molecule has 4 nitrogen and oxygen atoms in total. The van der Waals surface area contributed by atoms with Crippen molar-refractivity contribution in [2.45, 2.75) is 39.2 Å². The Balaban J connectivity index is 0.00000242. The van der Waals surface area contributed by atoms with Gasteiger partial charge in [-0.05, 0) is 30.4 Å². The predicted molar refractivity (Wildman–Crippen MR) is 105 cm³/mol. The molecule has 1 aliphatic heterocycles. The quantitative estimate of drug-likeness (QED) is 0.311. The first-order valence-corrected chi connectivity index (χ1v) is 8.12. The lowest BCUT2D eigenvalue weighted by atomic mass is 10.00. The molecule has 0 amide bonds. The number of fused-ring (bicyclic) bond motifs is 1. The number of nitrogens with zero attached hydrogens (tertiary/aromatic N) is 2. The van der Waals surface area contributed by atoms with Crippen molar-refractivity contribution in [1.82, 2.24) is 10.2 Å². The molecule has 1 aromatic rings. The Morgan fingerprint density at radius 1 is 1.27 bits per heavy atom. The molecule has 0 radical (unpaired) electrons. The molecule has 2 rings (SSSR count). The maximum Gasteiger partial charge on any atom is 0.188 e. The Kier molecular flexibility index (Phi) is 9.47. The molecular weight excluding hydrogens is 387 g/mol. The van der Waals surface area contributed by atoms with Crippen LogP contribution in [0.3, 0.4) is 0 Å². The van der Waals surface area contributed by atoms with E-state index in [-0.39, 0.29) is 24.0 Å². The van der Waals surface area contributed by atoms with Crippen LogP contribution in [0.2, 0.25) is 0 Å². The number of benzene rings is 1. The van der Waals surface area contributed by atoms with Gasteiger partial charge in [-0.1, -0.05) is 37.6 Å². The van der Waals surface area contributed by atoms with Crippen LogP contribution in [0.1, 0.15) is 37.3 Å². The van der Waals surface area contributed by atoms with Gasteiger partial charge < -0.3 is 11.1 Å². The summed E-state index contributed by atoms with van der Waals surface area (Å²) >= 11 is 0. The Labute approximate surface area is 151 Å². The molecule has 5 heteroatoms. The monoisotopic (exact) mass is 416 g/mol. The lowest BCUT2D eigenvalue weighted by Crippen LogP contribution is -2.33. The maximum absolute atomic E-state index is 5.82. The van der Waals surface area contributed by atoms with Gasteiger partial charge in [-0.15, -0.1) is 24.0 Å². The second kappa shape index (κ2) is 10.8. The van der Waals surface area contributed by atoms with E-state index in [0.29, 0.717) is 5.96 Å². The van der Waals surface area contributed by atoms with E-state index in [1.807, 2.05) is 0 Å². The second-order valence-electron chi connectivity index (χ2n) is 5.70. The largest absolute Gasteiger partial charge is 0.370 e. The third kappa shape index (κ3) is 6.52. The molecule has 0 saturated carbocycles. The van der Waals surface area contributed by atoms with Crippen molar-refractivity contribution in [2.24, 2.45) is 10.7 Å². The first-order valence-electron chi connectivity index (χ1n) is 8.12. The van der Waals surface area contributed by atoms with Gasteiger partial charge in [-0.25, -0.2) is 0 Å². The lowest BCUT2D eigenvalue weighted by molar-refractivity contribution is 0.252. The number of hydrogen-bond acceptors (Lipinski definition) is 2.